The van der Waals surface area contributed by atoms with Crippen molar-refractivity contribution in [1.82, 2.24) is 10.9 Å². The molecule has 1 amide bonds. The lowest BCUT2D eigenvalue weighted by Gasteiger charge is -2.09. The standard InChI is InChI=1S/C12H11N3O2S/c13-12(18)15-14-11(17)9-5-7-3-1-2-4-8(7)6-10(9)16/h1-6,16H,(H,14,17)(H3,13,15,18). The van der Waals surface area contributed by atoms with Gasteiger partial charge in [-0.2, -0.15) is 0 Å². The van der Waals surface area contributed by atoms with Gasteiger partial charge in [0.1, 0.15) is 5.75 Å². The van der Waals surface area contributed by atoms with Crippen molar-refractivity contribution >= 4 is 34.0 Å². The van der Waals surface area contributed by atoms with Gasteiger partial charge in [-0.05, 0) is 35.1 Å². The van der Waals surface area contributed by atoms with E-state index in [1.54, 1.807) is 6.07 Å². The molecule has 0 aliphatic carbocycles. The lowest BCUT2D eigenvalue weighted by atomic mass is 10.1. The van der Waals surface area contributed by atoms with Gasteiger partial charge < -0.3 is 10.8 Å². The van der Waals surface area contributed by atoms with E-state index in [2.05, 4.69) is 23.1 Å². The lowest BCUT2D eigenvalue weighted by molar-refractivity contribution is 0.0941. The Morgan fingerprint density at radius 1 is 1.17 bits per heavy atom. The number of hydrogen-bond donors (Lipinski definition) is 4. The number of nitrogens with one attached hydrogen (secondary N) is 2. The zero-order chi connectivity index (χ0) is 13.1. The number of carbonyl (C=O) groups is 1. The first kappa shape index (κ1) is 12.1. The van der Waals surface area contributed by atoms with Crippen LogP contribution in [0.25, 0.3) is 10.8 Å². The van der Waals surface area contributed by atoms with E-state index < -0.39 is 5.91 Å². The van der Waals surface area contributed by atoms with E-state index in [0.717, 1.165) is 10.8 Å². The van der Waals surface area contributed by atoms with Crippen molar-refractivity contribution in [2.75, 3.05) is 0 Å². The molecule has 0 bridgehead atoms. The van der Waals surface area contributed by atoms with Gasteiger partial charge >= 0.3 is 0 Å². The van der Waals surface area contributed by atoms with E-state index in [-0.39, 0.29) is 16.4 Å². The van der Waals surface area contributed by atoms with Crippen molar-refractivity contribution < 1.29 is 9.90 Å². The molecule has 0 radical (unpaired) electrons. The molecule has 0 unspecified atom stereocenters. The molecule has 92 valence electrons. The summed E-state index contributed by atoms with van der Waals surface area (Å²) in [5, 5.41) is 11.5. The summed E-state index contributed by atoms with van der Waals surface area (Å²) in [7, 11) is 0. The number of thiocarbonyl (C=S) groups is 1. The number of rotatable bonds is 1. The number of hydrazine groups is 1. The number of hydrogen-bond acceptors (Lipinski definition) is 3. The smallest absolute Gasteiger partial charge is 0.273 e. The molecule has 0 fully saturated rings. The average molecular weight is 261 g/mol. The normalized spacial score (nSPS) is 10.0. The predicted octanol–water partition coefficient (Wildman–Crippen LogP) is 1.02. The molecule has 0 aromatic heterocycles. The minimum Gasteiger partial charge on any atom is -0.507 e. The third kappa shape index (κ3) is 2.49. The first-order chi connectivity index (χ1) is 8.58. The van der Waals surface area contributed by atoms with Gasteiger partial charge in [0.05, 0.1) is 5.56 Å². The fourth-order valence-corrected chi connectivity index (χ4v) is 1.65. The molecule has 5 nitrogen and oxygen atoms in total. The molecule has 0 aliphatic heterocycles. The van der Waals surface area contributed by atoms with Crippen molar-refractivity contribution in [2.45, 2.75) is 0 Å². The van der Waals surface area contributed by atoms with Crippen LogP contribution in [-0.4, -0.2) is 16.1 Å². The second kappa shape index (κ2) is 4.89. The molecule has 2 aromatic rings. The Morgan fingerprint density at radius 3 is 2.39 bits per heavy atom. The largest absolute Gasteiger partial charge is 0.507 e. The Bertz CT molecular complexity index is 628. The first-order valence-corrected chi connectivity index (χ1v) is 5.56. The van der Waals surface area contributed by atoms with Crippen LogP contribution in [0.15, 0.2) is 36.4 Å². The Kier molecular flexibility index (Phi) is 3.29. The maximum Gasteiger partial charge on any atom is 0.273 e. The third-order valence-electron chi connectivity index (χ3n) is 2.41. The monoisotopic (exact) mass is 261 g/mol. The Labute approximate surface area is 109 Å². The zero-order valence-electron chi connectivity index (χ0n) is 9.31. The van der Waals surface area contributed by atoms with E-state index in [1.807, 2.05) is 24.3 Å². The molecule has 0 spiro atoms. The maximum atomic E-state index is 11.8. The molecule has 0 aliphatic rings. The van der Waals surface area contributed by atoms with E-state index in [0.29, 0.717) is 0 Å². The quantitative estimate of drug-likeness (QED) is 0.455. The van der Waals surface area contributed by atoms with Crippen LogP contribution in [0.1, 0.15) is 10.4 Å². The number of phenols is 1. The SMILES string of the molecule is NC(=S)NNC(=O)c1cc2ccccc2cc1O. The van der Waals surface area contributed by atoms with Crippen LogP contribution in [0, 0.1) is 0 Å². The summed E-state index contributed by atoms with van der Waals surface area (Å²) in [5.41, 5.74) is 9.95. The van der Waals surface area contributed by atoms with Crippen molar-refractivity contribution in [3.05, 3.63) is 42.0 Å². The number of aromatic hydroxyl groups is 1. The summed E-state index contributed by atoms with van der Waals surface area (Å²) in [6.07, 6.45) is 0. The number of fused-ring (bicyclic) bond motifs is 1. The Hall–Kier alpha value is -2.34. The Balaban J connectivity index is 2.35. The number of benzene rings is 2. The van der Waals surface area contributed by atoms with Gasteiger partial charge in [0.2, 0.25) is 0 Å². The minimum absolute atomic E-state index is 0.0522. The number of carbonyl (C=O) groups excluding carboxylic acids is 1. The van der Waals surface area contributed by atoms with Gasteiger partial charge in [0.15, 0.2) is 5.11 Å². The molecular weight excluding hydrogens is 250 g/mol. The van der Waals surface area contributed by atoms with Gasteiger partial charge in [0.25, 0.3) is 5.91 Å². The van der Waals surface area contributed by atoms with Crippen molar-refractivity contribution in [2.24, 2.45) is 5.73 Å². The van der Waals surface area contributed by atoms with Crippen LogP contribution in [0.3, 0.4) is 0 Å². The minimum atomic E-state index is -0.508. The summed E-state index contributed by atoms with van der Waals surface area (Å²) in [4.78, 5) is 11.8. The van der Waals surface area contributed by atoms with Crippen LogP contribution in [0.5, 0.6) is 5.75 Å². The highest BCUT2D eigenvalue weighted by Crippen LogP contribution is 2.24. The molecule has 2 aromatic carbocycles. The van der Waals surface area contributed by atoms with Gasteiger partial charge in [-0.25, -0.2) is 0 Å². The van der Waals surface area contributed by atoms with Crippen molar-refractivity contribution in [3.8, 4) is 5.75 Å². The maximum absolute atomic E-state index is 11.8. The summed E-state index contributed by atoms with van der Waals surface area (Å²) in [6, 6.07) is 10.5. The van der Waals surface area contributed by atoms with Gasteiger partial charge in [-0.1, -0.05) is 24.3 Å². The van der Waals surface area contributed by atoms with E-state index >= 15 is 0 Å². The van der Waals surface area contributed by atoms with Gasteiger partial charge in [-0.15, -0.1) is 0 Å². The van der Waals surface area contributed by atoms with E-state index in [1.165, 1.54) is 6.07 Å². The molecule has 0 heterocycles. The molecule has 0 saturated carbocycles. The highest BCUT2D eigenvalue weighted by atomic mass is 32.1. The predicted molar refractivity (Wildman–Crippen MR) is 73.0 cm³/mol. The van der Waals surface area contributed by atoms with Crippen LogP contribution >= 0.6 is 12.2 Å². The van der Waals surface area contributed by atoms with Crippen LogP contribution in [0.4, 0.5) is 0 Å². The average Bonchev–Trinajstić information content (AvgIpc) is 2.35. The molecule has 0 atom stereocenters. The summed E-state index contributed by atoms with van der Waals surface area (Å²) < 4.78 is 0. The number of nitrogens with two attached hydrogens (primary N) is 1. The fourth-order valence-electron chi connectivity index (χ4n) is 1.60. The number of phenolic OH excluding ortho intramolecular Hbond substituents is 1. The highest BCUT2D eigenvalue weighted by molar-refractivity contribution is 7.80. The highest BCUT2D eigenvalue weighted by Gasteiger charge is 2.12. The molecular formula is C12H11N3O2S. The van der Waals surface area contributed by atoms with Crippen LogP contribution < -0.4 is 16.6 Å². The van der Waals surface area contributed by atoms with Crippen molar-refractivity contribution in [1.29, 1.82) is 0 Å². The van der Waals surface area contributed by atoms with Gasteiger partial charge in [-0.3, -0.25) is 15.6 Å². The molecule has 5 N–H and O–H groups in total. The zero-order valence-corrected chi connectivity index (χ0v) is 10.1. The van der Waals surface area contributed by atoms with E-state index in [9.17, 15) is 9.90 Å². The summed E-state index contributed by atoms with van der Waals surface area (Å²) >= 11 is 4.56. The molecule has 2 rings (SSSR count). The van der Waals surface area contributed by atoms with Crippen LogP contribution in [-0.2, 0) is 0 Å². The summed E-state index contributed by atoms with van der Waals surface area (Å²) in [5.74, 6) is -0.609. The fraction of sp³-hybridized carbons (Fsp3) is 0. The first-order valence-electron chi connectivity index (χ1n) is 5.15. The van der Waals surface area contributed by atoms with Crippen LogP contribution in [0.2, 0.25) is 0 Å². The van der Waals surface area contributed by atoms with E-state index in [4.69, 9.17) is 5.73 Å². The van der Waals surface area contributed by atoms with Gasteiger partial charge in [0, 0.05) is 0 Å². The second-order valence-corrected chi connectivity index (χ2v) is 4.10. The second-order valence-electron chi connectivity index (χ2n) is 3.66. The molecule has 0 saturated heterocycles. The summed E-state index contributed by atoms with van der Waals surface area (Å²) in [6.45, 7) is 0. The topological polar surface area (TPSA) is 87.4 Å². The molecule has 18 heavy (non-hydrogen) atoms. The molecule has 6 heteroatoms. The number of amides is 1. The van der Waals surface area contributed by atoms with Crippen molar-refractivity contribution in [3.63, 3.8) is 0 Å². The third-order valence-corrected chi connectivity index (χ3v) is 2.51. The lowest BCUT2D eigenvalue weighted by Crippen LogP contribution is -2.44. The Morgan fingerprint density at radius 2 is 1.78 bits per heavy atom.